The van der Waals surface area contributed by atoms with E-state index < -0.39 is 0 Å². The number of nitrogens with zero attached hydrogens (tertiary/aromatic N) is 3. The summed E-state index contributed by atoms with van der Waals surface area (Å²) in [6, 6.07) is 9.74. The lowest BCUT2D eigenvalue weighted by molar-refractivity contribution is 0.199. The van der Waals surface area contributed by atoms with Gasteiger partial charge < -0.3 is 9.47 Å². The van der Waals surface area contributed by atoms with Gasteiger partial charge in [0.2, 0.25) is 0 Å². The lowest BCUT2D eigenvalue weighted by atomic mass is 10.1. The van der Waals surface area contributed by atoms with E-state index in [2.05, 4.69) is 21.2 Å². The third-order valence-corrected chi connectivity index (χ3v) is 4.55. The largest absolute Gasteiger partial charge is 0.487 e. The molecule has 0 unspecified atom stereocenters. The third-order valence-electron chi connectivity index (χ3n) is 4.55. The van der Waals surface area contributed by atoms with Gasteiger partial charge in [0.1, 0.15) is 11.8 Å². The second-order valence-corrected chi connectivity index (χ2v) is 7.44. The Morgan fingerprint density at radius 2 is 1.79 bits per heavy atom. The van der Waals surface area contributed by atoms with Crippen molar-refractivity contribution in [3.8, 4) is 40.1 Å². The average molecular weight is 374 g/mol. The topological polar surface area (TPSA) is 83.8 Å². The Bertz CT molecular complexity index is 1060. The highest BCUT2D eigenvalue weighted by Crippen LogP contribution is 2.45. The van der Waals surface area contributed by atoms with E-state index in [1.54, 1.807) is 12.3 Å². The molecular formula is C22H22N4O2. The molecular weight excluding hydrogens is 352 g/mol. The van der Waals surface area contributed by atoms with E-state index in [0.29, 0.717) is 5.69 Å². The number of pyridine rings is 1. The van der Waals surface area contributed by atoms with Crippen molar-refractivity contribution in [1.82, 2.24) is 15.2 Å². The van der Waals surface area contributed by atoms with Crippen LogP contribution in [0.3, 0.4) is 0 Å². The fourth-order valence-electron chi connectivity index (χ4n) is 3.46. The summed E-state index contributed by atoms with van der Waals surface area (Å²) in [5.41, 5.74) is 6.53. The van der Waals surface area contributed by atoms with Crippen molar-refractivity contribution in [2.24, 2.45) is 0 Å². The van der Waals surface area contributed by atoms with E-state index in [0.717, 1.165) is 46.0 Å². The molecule has 1 aromatic carbocycles. The number of aromatic amines is 1. The molecule has 0 atom stereocenters. The molecule has 4 rings (SSSR count). The van der Waals surface area contributed by atoms with E-state index in [4.69, 9.17) is 14.7 Å². The molecule has 0 fully saturated rings. The molecule has 2 heterocycles. The summed E-state index contributed by atoms with van der Waals surface area (Å²) in [6.45, 7) is 8.03. The van der Waals surface area contributed by atoms with Gasteiger partial charge in [-0.05, 0) is 57.5 Å². The zero-order valence-electron chi connectivity index (χ0n) is 16.4. The van der Waals surface area contributed by atoms with Crippen LogP contribution < -0.4 is 9.47 Å². The highest BCUT2D eigenvalue weighted by molar-refractivity contribution is 5.82. The van der Waals surface area contributed by atoms with Gasteiger partial charge in [-0.15, -0.1) is 0 Å². The monoisotopic (exact) mass is 374 g/mol. The summed E-state index contributed by atoms with van der Waals surface area (Å²) in [5, 5.41) is 16.6. The van der Waals surface area contributed by atoms with Crippen LogP contribution in [-0.4, -0.2) is 27.4 Å². The first kappa shape index (κ1) is 18.1. The van der Waals surface area contributed by atoms with Crippen LogP contribution in [0.25, 0.3) is 22.5 Å². The van der Waals surface area contributed by atoms with E-state index in [9.17, 15) is 0 Å². The van der Waals surface area contributed by atoms with Gasteiger partial charge in [0, 0.05) is 29.3 Å². The molecule has 1 aliphatic rings. The minimum atomic E-state index is 0.0514. The summed E-state index contributed by atoms with van der Waals surface area (Å²) < 4.78 is 12.0. The molecule has 3 aromatic rings. The summed E-state index contributed by atoms with van der Waals surface area (Å²) in [6.07, 6.45) is 2.56. The van der Waals surface area contributed by atoms with Gasteiger partial charge in [0.15, 0.2) is 11.5 Å². The number of nitrogens with one attached hydrogen (secondary N) is 1. The van der Waals surface area contributed by atoms with Gasteiger partial charge in [0.25, 0.3) is 0 Å². The standard InChI is InChI=1S/C22H22N4O2/c1-12(2)27-19-8-15-7-18-21(14-5-6-16(10-23)24-11-14)25-26-22(18)17(15)9-20(19)28-13(3)4/h5-6,8-9,11-13H,7H2,1-4H3,(H,25,26). The molecule has 0 radical (unpaired) electrons. The van der Waals surface area contributed by atoms with Gasteiger partial charge in [-0.3, -0.25) is 5.10 Å². The van der Waals surface area contributed by atoms with Crippen LogP contribution >= 0.6 is 0 Å². The Balaban J connectivity index is 1.75. The molecule has 2 aromatic heterocycles. The van der Waals surface area contributed by atoms with Crippen LogP contribution in [0.2, 0.25) is 0 Å². The van der Waals surface area contributed by atoms with Gasteiger partial charge in [0.05, 0.1) is 23.6 Å². The summed E-state index contributed by atoms with van der Waals surface area (Å²) in [4.78, 5) is 4.17. The van der Waals surface area contributed by atoms with Gasteiger partial charge in [-0.1, -0.05) is 0 Å². The molecule has 6 heteroatoms. The summed E-state index contributed by atoms with van der Waals surface area (Å²) >= 11 is 0. The maximum absolute atomic E-state index is 8.95. The number of ether oxygens (including phenoxy) is 2. The number of rotatable bonds is 5. The molecule has 0 spiro atoms. The van der Waals surface area contributed by atoms with Crippen LogP contribution in [0, 0.1) is 11.3 Å². The van der Waals surface area contributed by atoms with E-state index in [1.165, 1.54) is 5.56 Å². The zero-order chi connectivity index (χ0) is 19.8. The molecule has 1 N–H and O–H groups in total. The molecule has 1 aliphatic carbocycles. The van der Waals surface area contributed by atoms with Gasteiger partial charge in [-0.2, -0.15) is 10.4 Å². The van der Waals surface area contributed by atoms with Crippen molar-refractivity contribution >= 4 is 0 Å². The Morgan fingerprint density at radius 3 is 2.39 bits per heavy atom. The number of benzene rings is 1. The van der Waals surface area contributed by atoms with E-state index in [1.807, 2.05) is 45.9 Å². The molecule has 6 nitrogen and oxygen atoms in total. The molecule has 142 valence electrons. The predicted octanol–water partition coefficient (Wildman–Crippen LogP) is 4.49. The molecule has 0 amide bonds. The first-order chi connectivity index (χ1) is 13.5. The lowest BCUT2D eigenvalue weighted by Gasteiger charge is -2.18. The van der Waals surface area contributed by atoms with Crippen LogP contribution in [-0.2, 0) is 6.42 Å². The Kier molecular flexibility index (Phi) is 4.52. The molecule has 28 heavy (non-hydrogen) atoms. The maximum Gasteiger partial charge on any atom is 0.162 e. The van der Waals surface area contributed by atoms with Crippen molar-refractivity contribution in [2.75, 3.05) is 0 Å². The number of aromatic nitrogens is 3. The summed E-state index contributed by atoms with van der Waals surface area (Å²) in [5.74, 6) is 1.51. The molecule has 0 saturated carbocycles. The highest BCUT2D eigenvalue weighted by atomic mass is 16.5. The quantitative estimate of drug-likeness (QED) is 0.556. The lowest BCUT2D eigenvalue weighted by Crippen LogP contribution is -2.11. The SMILES string of the molecule is CC(C)Oc1cc2c(cc1OC(C)C)-c1[nH]nc(-c3ccc(C#N)nc3)c1C2. The summed E-state index contributed by atoms with van der Waals surface area (Å²) in [7, 11) is 0. The first-order valence-corrected chi connectivity index (χ1v) is 9.40. The van der Waals surface area contributed by atoms with Crippen molar-refractivity contribution in [2.45, 2.75) is 46.3 Å². The van der Waals surface area contributed by atoms with E-state index >= 15 is 0 Å². The van der Waals surface area contributed by atoms with Crippen LogP contribution in [0.1, 0.15) is 44.5 Å². The van der Waals surface area contributed by atoms with Crippen LogP contribution in [0.5, 0.6) is 11.5 Å². The molecule has 0 saturated heterocycles. The fraction of sp³-hybridized carbons (Fsp3) is 0.318. The van der Waals surface area contributed by atoms with Crippen molar-refractivity contribution in [3.63, 3.8) is 0 Å². The number of hydrogen-bond donors (Lipinski definition) is 1. The maximum atomic E-state index is 8.95. The first-order valence-electron chi connectivity index (χ1n) is 9.40. The Hall–Kier alpha value is -3.33. The van der Waals surface area contributed by atoms with E-state index in [-0.39, 0.29) is 12.2 Å². The van der Waals surface area contributed by atoms with Crippen LogP contribution in [0.4, 0.5) is 0 Å². The fourth-order valence-corrected chi connectivity index (χ4v) is 3.46. The minimum Gasteiger partial charge on any atom is -0.487 e. The Morgan fingerprint density at radius 1 is 1.07 bits per heavy atom. The average Bonchev–Trinajstić information content (AvgIpc) is 3.20. The molecule has 0 aliphatic heterocycles. The zero-order valence-corrected chi connectivity index (χ0v) is 16.4. The van der Waals surface area contributed by atoms with Gasteiger partial charge >= 0.3 is 0 Å². The predicted molar refractivity (Wildman–Crippen MR) is 106 cm³/mol. The van der Waals surface area contributed by atoms with Crippen molar-refractivity contribution in [1.29, 1.82) is 5.26 Å². The van der Waals surface area contributed by atoms with Gasteiger partial charge in [-0.25, -0.2) is 4.98 Å². The number of H-pyrrole nitrogens is 1. The van der Waals surface area contributed by atoms with Crippen LogP contribution in [0.15, 0.2) is 30.5 Å². The normalized spacial score (nSPS) is 12.0. The van der Waals surface area contributed by atoms with Crippen molar-refractivity contribution in [3.05, 3.63) is 47.3 Å². The number of hydrogen-bond acceptors (Lipinski definition) is 5. The molecule has 0 bridgehead atoms. The number of fused-ring (bicyclic) bond motifs is 3. The highest BCUT2D eigenvalue weighted by Gasteiger charge is 2.28. The third kappa shape index (κ3) is 3.20. The van der Waals surface area contributed by atoms with Crippen molar-refractivity contribution < 1.29 is 9.47 Å². The Labute approximate surface area is 164 Å². The minimum absolute atomic E-state index is 0.0514. The second kappa shape index (κ2) is 7.01. The number of nitriles is 1. The smallest absolute Gasteiger partial charge is 0.162 e. The second-order valence-electron chi connectivity index (χ2n) is 7.44.